The fourth-order valence-electron chi connectivity index (χ4n) is 2.38. The van der Waals surface area contributed by atoms with Crippen LogP contribution < -0.4 is 10.6 Å². The topological polar surface area (TPSA) is 54.0 Å². The summed E-state index contributed by atoms with van der Waals surface area (Å²) in [6.45, 7) is 0. The van der Waals surface area contributed by atoms with Crippen molar-refractivity contribution >= 4 is 34.7 Å². The molecule has 0 spiro atoms. The summed E-state index contributed by atoms with van der Waals surface area (Å²) < 4.78 is 0. The Kier molecular flexibility index (Phi) is 5.65. The highest BCUT2D eigenvalue weighted by molar-refractivity contribution is 6.30. The maximum absolute atomic E-state index is 12.0. The Morgan fingerprint density at radius 3 is 2.52 bits per heavy atom. The van der Waals surface area contributed by atoms with Gasteiger partial charge in [-0.2, -0.15) is 0 Å². The van der Waals surface area contributed by atoms with Gasteiger partial charge < -0.3 is 10.6 Å². The van der Waals surface area contributed by atoms with Crippen molar-refractivity contribution in [2.24, 2.45) is 0 Å². The monoisotopic (exact) mass is 351 g/mol. The average Bonchev–Trinajstić information content (AvgIpc) is 2.63. The van der Waals surface area contributed by atoms with E-state index in [-0.39, 0.29) is 5.91 Å². The smallest absolute Gasteiger partial charge is 0.225 e. The largest absolute Gasteiger partial charge is 0.354 e. The van der Waals surface area contributed by atoms with Crippen LogP contribution in [0.2, 0.25) is 5.02 Å². The maximum Gasteiger partial charge on any atom is 0.225 e. The standard InChI is InChI=1S/C20H18ClN3O/c21-16-7-4-8-17(13-16)23-18-10-11-19(22-14-18)24-20(25)12-9-15-5-2-1-3-6-15/h1-8,10-11,13-14,23H,9,12H2,(H,22,24,25). The molecule has 4 nitrogen and oxygen atoms in total. The minimum Gasteiger partial charge on any atom is -0.354 e. The summed E-state index contributed by atoms with van der Waals surface area (Å²) in [5.74, 6) is 0.488. The van der Waals surface area contributed by atoms with E-state index in [2.05, 4.69) is 15.6 Å². The first-order valence-electron chi connectivity index (χ1n) is 8.01. The molecule has 0 radical (unpaired) electrons. The molecule has 0 bridgehead atoms. The summed E-state index contributed by atoms with van der Waals surface area (Å²) >= 11 is 5.96. The van der Waals surface area contributed by atoms with Crippen LogP contribution in [0.5, 0.6) is 0 Å². The lowest BCUT2D eigenvalue weighted by Crippen LogP contribution is -2.13. The van der Waals surface area contributed by atoms with E-state index in [1.807, 2.05) is 60.7 Å². The highest BCUT2D eigenvalue weighted by Gasteiger charge is 2.04. The van der Waals surface area contributed by atoms with Gasteiger partial charge in [0, 0.05) is 17.1 Å². The quantitative estimate of drug-likeness (QED) is 0.653. The van der Waals surface area contributed by atoms with E-state index in [0.29, 0.717) is 23.7 Å². The second-order valence-electron chi connectivity index (χ2n) is 5.60. The number of anilines is 3. The number of nitrogens with zero attached hydrogens (tertiary/aromatic N) is 1. The van der Waals surface area contributed by atoms with Crippen LogP contribution in [0.3, 0.4) is 0 Å². The molecule has 0 aliphatic rings. The zero-order chi connectivity index (χ0) is 17.5. The average molecular weight is 352 g/mol. The molecule has 0 saturated heterocycles. The van der Waals surface area contributed by atoms with Gasteiger partial charge in [0.15, 0.2) is 0 Å². The fraction of sp³-hybridized carbons (Fsp3) is 0.100. The number of carbonyl (C=O) groups is 1. The van der Waals surface area contributed by atoms with Gasteiger partial charge in [-0.3, -0.25) is 4.79 Å². The first-order chi connectivity index (χ1) is 12.2. The summed E-state index contributed by atoms with van der Waals surface area (Å²) in [6, 6.07) is 21.0. The van der Waals surface area contributed by atoms with Gasteiger partial charge in [0.1, 0.15) is 5.82 Å². The molecule has 126 valence electrons. The van der Waals surface area contributed by atoms with Gasteiger partial charge >= 0.3 is 0 Å². The number of hydrogen-bond donors (Lipinski definition) is 2. The van der Waals surface area contributed by atoms with E-state index in [4.69, 9.17) is 11.6 Å². The van der Waals surface area contributed by atoms with Crippen LogP contribution in [0, 0.1) is 0 Å². The van der Waals surface area contributed by atoms with E-state index in [1.54, 1.807) is 12.3 Å². The zero-order valence-corrected chi connectivity index (χ0v) is 14.3. The van der Waals surface area contributed by atoms with Crippen molar-refractivity contribution in [3.05, 3.63) is 83.5 Å². The molecule has 3 aromatic rings. The summed E-state index contributed by atoms with van der Waals surface area (Å²) in [5, 5.41) is 6.69. The molecule has 0 saturated carbocycles. The van der Waals surface area contributed by atoms with Crippen molar-refractivity contribution in [1.82, 2.24) is 4.98 Å². The number of aromatic nitrogens is 1. The molecule has 1 aromatic heterocycles. The molecule has 0 aliphatic carbocycles. The summed E-state index contributed by atoms with van der Waals surface area (Å²) in [6.07, 6.45) is 2.81. The molecule has 0 unspecified atom stereocenters. The molecular formula is C20H18ClN3O. The maximum atomic E-state index is 12.0. The lowest BCUT2D eigenvalue weighted by atomic mass is 10.1. The number of hydrogen-bond acceptors (Lipinski definition) is 3. The molecule has 1 amide bonds. The van der Waals surface area contributed by atoms with Crippen molar-refractivity contribution in [2.45, 2.75) is 12.8 Å². The molecule has 1 heterocycles. The number of benzene rings is 2. The molecule has 2 aromatic carbocycles. The Morgan fingerprint density at radius 1 is 0.960 bits per heavy atom. The van der Waals surface area contributed by atoms with Crippen molar-refractivity contribution in [3.63, 3.8) is 0 Å². The third-order valence-corrected chi connectivity index (χ3v) is 3.86. The van der Waals surface area contributed by atoms with Crippen molar-refractivity contribution in [2.75, 3.05) is 10.6 Å². The van der Waals surface area contributed by atoms with E-state index in [1.165, 1.54) is 0 Å². The number of rotatable bonds is 6. The van der Waals surface area contributed by atoms with Crippen LogP contribution >= 0.6 is 11.6 Å². The Labute approximate surface area is 151 Å². The van der Waals surface area contributed by atoms with Crippen LogP contribution in [-0.2, 0) is 11.2 Å². The molecular weight excluding hydrogens is 334 g/mol. The van der Waals surface area contributed by atoms with Gasteiger partial charge in [0.25, 0.3) is 0 Å². The number of amides is 1. The van der Waals surface area contributed by atoms with Crippen molar-refractivity contribution in [1.29, 1.82) is 0 Å². The van der Waals surface area contributed by atoms with Crippen LogP contribution in [0.4, 0.5) is 17.2 Å². The Balaban J connectivity index is 1.52. The van der Waals surface area contributed by atoms with E-state index < -0.39 is 0 Å². The van der Waals surface area contributed by atoms with Gasteiger partial charge in [-0.25, -0.2) is 4.98 Å². The summed E-state index contributed by atoms with van der Waals surface area (Å²) in [7, 11) is 0. The Bertz CT molecular complexity index is 835. The van der Waals surface area contributed by atoms with Gasteiger partial charge in [-0.05, 0) is 42.3 Å². The highest BCUT2D eigenvalue weighted by atomic mass is 35.5. The minimum absolute atomic E-state index is 0.0492. The van der Waals surface area contributed by atoms with Gasteiger partial charge in [0.2, 0.25) is 5.91 Å². The third kappa shape index (κ3) is 5.33. The molecule has 0 fully saturated rings. The Hall–Kier alpha value is -2.85. The number of carbonyl (C=O) groups excluding carboxylic acids is 1. The normalized spacial score (nSPS) is 10.3. The lowest BCUT2D eigenvalue weighted by Gasteiger charge is -2.08. The van der Waals surface area contributed by atoms with Crippen LogP contribution in [-0.4, -0.2) is 10.9 Å². The molecule has 25 heavy (non-hydrogen) atoms. The second-order valence-corrected chi connectivity index (χ2v) is 6.04. The van der Waals surface area contributed by atoms with E-state index >= 15 is 0 Å². The fourth-order valence-corrected chi connectivity index (χ4v) is 2.57. The van der Waals surface area contributed by atoms with Gasteiger partial charge in [-0.1, -0.05) is 48.0 Å². The molecule has 3 rings (SSSR count). The van der Waals surface area contributed by atoms with Crippen LogP contribution in [0.25, 0.3) is 0 Å². The summed E-state index contributed by atoms with van der Waals surface area (Å²) in [5.41, 5.74) is 2.85. The number of aryl methyl sites for hydroxylation is 1. The second kappa shape index (κ2) is 8.31. The van der Waals surface area contributed by atoms with Gasteiger partial charge in [0.05, 0.1) is 11.9 Å². The third-order valence-electron chi connectivity index (χ3n) is 3.63. The van der Waals surface area contributed by atoms with Crippen molar-refractivity contribution in [3.8, 4) is 0 Å². The molecule has 5 heteroatoms. The predicted octanol–water partition coefficient (Wildman–Crippen LogP) is 5.05. The van der Waals surface area contributed by atoms with Crippen LogP contribution in [0.1, 0.15) is 12.0 Å². The Morgan fingerprint density at radius 2 is 1.80 bits per heavy atom. The van der Waals surface area contributed by atoms with Gasteiger partial charge in [-0.15, -0.1) is 0 Å². The number of halogens is 1. The van der Waals surface area contributed by atoms with E-state index in [0.717, 1.165) is 16.9 Å². The van der Waals surface area contributed by atoms with Crippen LogP contribution in [0.15, 0.2) is 72.9 Å². The number of nitrogens with one attached hydrogen (secondary N) is 2. The molecule has 0 atom stereocenters. The first-order valence-corrected chi connectivity index (χ1v) is 8.39. The zero-order valence-electron chi connectivity index (χ0n) is 13.6. The summed E-state index contributed by atoms with van der Waals surface area (Å²) in [4.78, 5) is 16.3. The molecule has 0 aliphatic heterocycles. The number of pyridine rings is 1. The predicted molar refractivity (Wildman–Crippen MR) is 102 cm³/mol. The van der Waals surface area contributed by atoms with E-state index in [9.17, 15) is 4.79 Å². The highest BCUT2D eigenvalue weighted by Crippen LogP contribution is 2.20. The first kappa shape index (κ1) is 17.0. The van der Waals surface area contributed by atoms with Crippen molar-refractivity contribution < 1.29 is 4.79 Å². The lowest BCUT2D eigenvalue weighted by molar-refractivity contribution is -0.116. The minimum atomic E-state index is -0.0492. The SMILES string of the molecule is O=C(CCc1ccccc1)Nc1ccc(Nc2cccc(Cl)c2)cn1. The molecule has 2 N–H and O–H groups in total.